The van der Waals surface area contributed by atoms with Crippen LogP contribution in [0.4, 0.5) is 0 Å². The van der Waals surface area contributed by atoms with Gasteiger partial charge in [0.1, 0.15) is 0 Å². The van der Waals surface area contributed by atoms with Crippen LogP contribution in [0.15, 0.2) is 0 Å². The van der Waals surface area contributed by atoms with E-state index in [1.807, 2.05) is 0 Å². The van der Waals surface area contributed by atoms with Crippen LogP contribution in [0.2, 0.25) is 0 Å². The lowest BCUT2D eigenvalue weighted by molar-refractivity contribution is 0.0203. The summed E-state index contributed by atoms with van der Waals surface area (Å²) in [5.41, 5.74) is 0. The van der Waals surface area contributed by atoms with Crippen LogP contribution in [0, 0.1) is 11.8 Å². The molecule has 1 unspecified atom stereocenters. The van der Waals surface area contributed by atoms with Gasteiger partial charge in [0, 0.05) is 12.5 Å². The normalized spacial score (nSPS) is 36.6. The van der Waals surface area contributed by atoms with E-state index in [-0.39, 0.29) is 0 Å². The lowest BCUT2D eigenvalue weighted by atomic mass is 10.0. The van der Waals surface area contributed by atoms with Crippen molar-refractivity contribution in [2.24, 2.45) is 11.8 Å². The number of ether oxygens (including phenoxy) is 2. The number of rotatable bonds is 4. The van der Waals surface area contributed by atoms with Gasteiger partial charge in [-0.15, -0.1) is 0 Å². The third kappa shape index (κ3) is 2.47. The maximum absolute atomic E-state index is 5.88. The van der Waals surface area contributed by atoms with Gasteiger partial charge < -0.3 is 14.8 Å². The Morgan fingerprint density at radius 1 is 1.36 bits per heavy atom. The molecule has 14 heavy (non-hydrogen) atoms. The molecule has 2 aliphatic heterocycles. The van der Waals surface area contributed by atoms with Crippen molar-refractivity contribution in [3.63, 3.8) is 0 Å². The molecule has 0 aromatic heterocycles. The lowest BCUT2D eigenvalue weighted by Crippen LogP contribution is -2.30. The smallest absolute Gasteiger partial charge is 0.0863 e. The highest BCUT2D eigenvalue weighted by Crippen LogP contribution is 2.30. The molecule has 82 valence electrons. The Kier molecular flexibility index (Phi) is 3.42. The van der Waals surface area contributed by atoms with E-state index in [1.165, 1.54) is 6.42 Å². The van der Waals surface area contributed by atoms with Gasteiger partial charge in [-0.3, -0.25) is 0 Å². The van der Waals surface area contributed by atoms with E-state index in [4.69, 9.17) is 9.47 Å². The summed E-state index contributed by atoms with van der Waals surface area (Å²) in [7, 11) is 0. The Balaban J connectivity index is 1.64. The van der Waals surface area contributed by atoms with Crippen LogP contribution in [0.25, 0.3) is 0 Å². The van der Waals surface area contributed by atoms with Crippen molar-refractivity contribution in [2.75, 3.05) is 26.3 Å². The van der Waals surface area contributed by atoms with E-state index in [1.54, 1.807) is 0 Å². The van der Waals surface area contributed by atoms with E-state index < -0.39 is 0 Å². The second kappa shape index (κ2) is 4.60. The Morgan fingerprint density at radius 3 is 2.93 bits per heavy atom. The molecule has 0 aliphatic carbocycles. The molecule has 1 N–H and O–H groups in total. The predicted molar refractivity (Wildman–Crippen MR) is 55.3 cm³/mol. The first-order chi connectivity index (χ1) is 6.75. The molecule has 2 rings (SSSR count). The summed E-state index contributed by atoms with van der Waals surface area (Å²) in [4.78, 5) is 0. The fourth-order valence-corrected chi connectivity index (χ4v) is 2.25. The summed E-state index contributed by atoms with van der Waals surface area (Å²) in [6.07, 6.45) is 1.99. The zero-order valence-corrected chi connectivity index (χ0v) is 9.16. The molecule has 0 spiro atoms. The third-order valence-electron chi connectivity index (χ3n) is 3.00. The van der Waals surface area contributed by atoms with Gasteiger partial charge in [0.2, 0.25) is 0 Å². The van der Waals surface area contributed by atoms with E-state index in [0.29, 0.717) is 18.1 Å². The molecule has 0 aromatic rings. The summed E-state index contributed by atoms with van der Waals surface area (Å²) in [6.45, 7) is 8.27. The maximum Gasteiger partial charge on any atom is 0.0863 e. The van der Waals surface area contributed by atoms with Crippen molar-refractivity contribution in [1.29, 1.82) is 0 Å². The van der Waals surface area contributed by atoms with Gasteiger partial charge in [-0.2, -0.15) is 0 Å². The Hall–Kier alpha value is -0.120. The molecule has 0 bridgehead atoms. The minimum absolute atomic E-state index is 0.390. The zero-order chi connectivity index (χ0) is 9.97. The van der Waals surface area contributed by atoms with Crippen molar-refractivity contribution in [3.05, 3.63) is 0 Å². The lowest BCUT2D eigenvalue weighted by Gasteiger charge is -2.14. The van der Waals surface area contributed by atoms with E-state index in [0.717, 1.165) is 32.2 Å². The number of hydrogen-bond acceptors (Lipinski definition) is 3. The average Bonchev–Trinajstić information content (AvgIpc) is 2.62. The van der Waals surface area contributed by atoms with Gasteiger partial charge in [-0.1, -0.05) is 13.8 Å². The summed E-state index contributed by atoms with van der Waals surface area (Å²) in [5.74, 6) is 1.39. The van der Waals surface area contributed by atoms with E-state index in [9.17, 15) is 0 Å². The number of fused-ring (bicyclic) bond motifs is 1. The number of nitrogens with one attached hydrogen (secondary N) is 1. The molecule has 0 amide bonds. The molecule has 2 saturated heterocycles. The van der Waals surface area contributed by atoms with Gasteiger partial charge in [0.25, 0.3) is 0 Å². The highest BCUT2D eigenvalue weighted by molar-refractivity contribution is 4.86. The molecule has 3 nitrogen and oxygen atoms in total. The second-order valence-corrected chi connectivity index (χ2v) is 4.88. The van der Waals surface area contributed by atoms with Crippen molar-refractivity contribution >= 4 is 0 Å². The molecular formula is C11H21NO2. The first-order valence-corrected chi connectivity index (χ1v) is 5.69. The van der Waals surface area contributed by atoms with Crippen LogP contribution < -0.4 is 5.32 Å². The van der Waals surface area contributed by atoms with Crippen LogP contribution in [0.5, 0.6) is 0 Å². The second-order valence-electron chi connectivity index (χ2n) is 4.88. The van der Waals surface area contributed by atoms with Gasteiger partial charge in [-0.25, -0.2) is 0 Å². The average molecular weight is 199 g/mol. The van der Waals surface area contributed by atoms with Crippen LogP contribution >= 0.6 is 0 Å². The molecule has 2 heterocycles. The Bertz CT molecular complexity index is 172. The molecule has 3 atom stereocenters. The van der Waals surface area contributed by atoms with Crippen molar-refractivity contribution in [3.8, 4) is 0 Å². The van der Waals surface area contributed by atoms with Crippen LogP contribution in [-0.2, 0) is 9.47 Å². The molecular weight excluding hydrogens is 178 g/mol. The van der Waals surface area contributed by atoms with Gasteiger partial charge >= 0.3 is 0 Å². The zero-order valence-electron chi connectivity index (χ0n) is 9.16. The molecule has 0 aromatic carbocycles. The first kappa shape index (κ1) is 10.4. The minimum Gasteiger partial charge on any atom is -0.378 e. The minimum atomic E-state index is 0.390. The quantitative estimate of drug-likeness (QED) is 0.733. The summed E-state index contributed by atoms with van der Waals surface area (Å²) < 4.78 is 11.2. The third-order valence-corrected chi connectivity index (χ3v) is 3.00. The SMILES string of the molecule is CC(C)CNCC1C[C@H]2COC[C@H]2O1. The number of hydrogen-bond donors (Lipinski definition) is 1. The summed E-state index contributed by atoms with van der Waals surface area (Å²) >= 11 is 0. The van der Waals surface area contributed by atoms with Crippen LogP contribution in [-0.4, -0.2) is 38.5 Å². The Morgan fingerprint density at radius 2 is 2.21 bits per heavy atom. The molecule has 3 heteroatoms. The Labute approximate surface area is 86.2 Å². The largest absolute Gasteiger partial charge is 0.378 e. The van der Waals surface area contributed by atoms with Crippen molar-refractivity contribution in [1.82, 2.24) is 5.32 Å². The maximum atomic E-state index is 5.88. The van der Waals surface area contributed by atoms with Gasteiger partial charge in [0.15, 0.2) is 0 Å². The monoisotopic (exact) mass is 199 g/mol. The van der Waals surface area contributed by atoms with Crippen molar-refractivity contribution in [2.45, 2.75) is 32.5 Å². The topological polar surface area (TPSA) is 30.5 Å². The molecule has 0 saturated carbocycles. The van der Waals surface area contributed by atoms with Crippen LogP contribution in [0.3, 0.4) is 0 Å². The molecule has 2 fully saturated rings. The highest BCUT2D eigenvalue weighted by atomic mass is 16.6. The summed E-state index contributed by atoms with van der Waals surface area (Å²) in [5, 5.41) is 3.45. The van der Waals surface area contributed by atoms with E-state index >= 15 is 0 Å². The van der Waals surface area contributed by atoms with E-state index in [2.05, 4.69) is 19.2 Å². The fraction of sp³-hybridized carbons (Fsp3) is 1.00. The fourth-order valence-electron chi connectivity index (χ4n) is 2.25. The standard InChI is InChI=1S/C11H21NO2/c1-8(2)4-12-5-10-3-9-6-13-7-11(9)14-10/h8-12H,3-7H2,1-2H3/t9-,10?,11+/m0/s1. The van der Waals surface area contributed by atoms with Crippen LogP contribution in [0.1, 0.15) is 20.3 Å². The summed E-state index contributed by atoms with van der Waals surface area (Å²) in [6, 6.07) is 0. The van der Waals surface area contributed by atoms with Crippen molar-refractivity contribution < 1.29 is 9.47 Å². The first-order valence-electron chi connectivity index (χ1n) is 5.69. The van der Waals surface area contributed by atoms with Gasteiger partial charge in [0.05, 0.1) is 25.4 Å². The molecule has 2 aliphatic rings. The molecule has 0 radical (unpaired) electrons. The highest BCUT2D eigenvalue weighted by Gasteiger charge is 2.38. The van der Waals surface area contributed by atoms with Gasteiger partial charge in [-0.05, 0) is 18.9 Å². The predicted octanol–water partition coefficient (Wildman–Crippen LogP) is 1.04.